The first-order valence-corrected chi connectivity index (χ1v) is 28.7. The molecule has 1 unspecified atom stereocenters. The van der Waals surface area contributed by atoms with Crippen molar-refractivity contribution in [3.63, 3.8) is 0 Å². The summed E-state index contributed by atoms with van der Waals surface area (Å²) in [6.45, 7) is 6.46. The smallest absolute Gasteiger partial charge is 0.306 e. The number of carbonyl (C=O) groups is 3. The molecule has 6 nitrogen and oxygen atoms in total. The van der Waals surface area contributed by atoms with Gasteiger partial charge in [0.15, 0.2) is 6.10 Å². The van der Waals surface area contributed by atoms with Crippen LogP contribution in [0.3, 0.4) is 0 Å². The molecule has 6 heteroatoms. The van der Waals surface area contributed by atoms with E-state index >= 15 is 0 Å². The highest BCUT2D eigenvalue weighted by Gasteiger charge is 2.19. The Morgan fingerprint density at radius 3 is 0.956 bits per heavy atom. The normalized spacial score (nSPS) is 12.7. The van der Waals surface area contributed by atoms with E-state index in [1.54, 1.807) is 0 Å². The van der Waals surface area contributed by atoms with Crippen LogP contribution in [-0.4, -0.2) is 37.2 Å². The minimum absolute atomic E-state index is 0.0976. The molecular formula is C62H106O6. The summed E-state index contributed by atoms with van der Waals surface area (Å²) in [4.78, 5) is 38.1. The second-order valence-electron chi connectivity index (χ2n) is 19.0. The Labute approximate surface area is 420 Å². The van der Waals surface area contributed by atoms with Crippen molar-refractivity contribution in [1.29, 1.82) is 0 Å². The standard InChI is InChI=1S/C62H106O6/c1-4-7-10-13-16-19-22-25-28-30-31-33-34-37-40-43-46-49-52-55-61(64)67-58-59(57-66-60(63)54-51-48-45-42-39-36-27-24-21-18-15-12-9-6-3)68-62(65)56-53-50-47-44-41-38-35-32-29-26-23-20-17-14-11-8-5-2/h8,11,14,17,20,23,26,29,32,35-36,38-39,41,59H,4-7,9-10,12-13,15-16,18-19,21-22,24-25,27-28,30-31,33-34,37,40,42-58H2,1-3H3/b11-8-,17-14-,23-20-,29-26-,35-32+,39-36-,41-38-. The van der Waals surface area contributed by atoms with E-state index in [1.165, 1.54) is 148 Å². The minimum Gasteiger partial charge on any atom is -0.462 e. The number of allylic oxidation sites excluding steroid dienone is 14. The van der Waals surface area contributed by atoms with Gasteiger partial charge in [0, 0.05) is 19.3 Å². The molecule has 390 valence electrons. The van der Waals surface area contributed by atoms with Gasteiger partial charge < -0.3 is 14.2 Å². The van der Waals surface area contributed by atoms with Crippen LogP contribution in [0.5, 0.6) is 0 Å². The maximum absolute atomic E-state index is 12.8. The van der Waals surface area contributed by atoms with Crippen LogP contribution in [-0.2, 0) is 28.6 Å². The van der Waals surface area contributed by atoms with E-state index in [9.17, 15) is 14.4 Å². The van der Waals surface area contributed by atoms with E-state index in [1.807, 2.05) is 60.8 Å². The largest absolute Gasteiger partial charge is 0.462 e. The maximum Gasteiger partial charge on any atom is 0.306 e. The molecule has 0 aliphatic rings. The van der Waals surface area contributed by atoms with E-state index < -0.39 is 6.10 Å². The fourth-order valence-corrected chi connectivity index (χ4v) is 8.00. The summed E-state index contributed by atoms with van der Waals surface area (Å²) in [5, 5.41) is 0. The molecule has 0 radical (unpaired) electrons. The summed E-state index contributed by atoms with van der Waals surface area (Å²) >= 11 is 0. The molecule has 0 saturated carbocycles. The average Bonchev–Trinajstić information content (AvgIpc) is 3.34. The zero-order valence-electron chi connectivity index (χ0n) is 44.6. The first-order valence-electron chi connectivity index (χ1n) is 28.7. The molecule has 0 aliphatic carbocycles. The number of hydrogen-bond donors (Lipinski definition) is 0. The van der Waals surface area contributed by atoms with Gasteiger partial charge in [0.1, 0.15) is 13.2 Å². The Balaban J connectivity index is 4.45. The zero-order chi connectivity index (χ0) is 49.3. The van der Waals surface area contributed by atoms with Crippen molar-refractivity contribution >= 4 is 17.9 Å². The molecule has 1 atom stereocenters. The zero-order valence-corrected chi connectivity index (χ0v) is 44.6. The number of unbranched alkanes of at least 4 members (excludes halogenated alkanes) is 31. The lowest BCUT2D eigenvalue weighted by Gasteiger charge is -2.18. The molecular weight excluding hydrogens is 841 g/mol. The molecule has 0 heterocycles. The highest BCUT2D eigenvalue weighted by atomic mass is 16.6. The fraction of sp³-hybridized carbons (Fsp3) is 0.726. The van der Waals surface area contributed by atoms with Crippen molar-refractivity contribution in [3.05, 3.63) is 85.1 Å². The number of esters is 3. The van der Waals surface area contributed by atoms with E-state index in [-0.39, 0.29) is 37.5 Å². The Hall–Kier alpha value is -3.41. The van der Waals surface area contributed by atoms with Crippen LogP contribution in [0.15, 0.2) is 85.1 Å². The van der Waals surface area contributed by atoms with Gasteiger partial charge in [0.05, 0.1) is 0 Å². The van der Waals surface area contributed by atoms with E-state index in [4.69, 9.17) is 14.2 Å². The number of hydrogen-bond acceptors (Lipinski definition) is 6. The topological polar surface area (TPSA) is 78.9 Å². The molecule has 0 bridgehead atoms. The molecule has 0 saturated heterocycles. The predicted octanol–water partition coefficient (Wildman–Crippen LogP) is 19.2. The van der Waals surface area contributed by atoms with Crippen molar-refractivity contribution in [1.82, 2.24) is 0 Å². The number of ether oxygens (including phenoxy) is 3. The van der Waals surface area contributed by atoms with Gasteiger partial charge in [-0.2, -0.15) is 0 Å². The molecule has 0 N–H and O–H groups in total. The fourth-order valence-electron chi connectivity index (χ4n) is 8.00. The van der Waals surface area contributed by atoms with Gasteiger partial charge in [-0.15, -0.1) is 0 Å². The monoisotopic (exact) mass is 947 g/mol. The van der Waals surface area contributed by atoms with Gasteiger partial charge in [-0.1, -0.05) is 273 Å². The predicted molar refractivity (Wildman–Crippen MR) is 293 cm³/mol. The van der Waals surface area contributed by atoms with Crippen molar-refractivity contribution in [2.24, 2.45) is 0 Å². The summed E-state index contributed by atoms with van der Waals surface area (Å²) in [5.41, 5.74) is 0. The highest BCUT2D eigenvalue weighted by molar-refractivity contribution is 5.71. The van der Waals surface area contributed by atoms with Crippen LogP contribution in [0.2, 0.25) is 0 Å². The van der Waals surface area contributed by atoms with Crippen molar-refractivity contribution in [3.8, 4) is 0 Å². The van der Waals surface area contributed by atoms with Gasteiger partial charge in [0.25, 0.3) is 0 Å². The van der Waals surface area contributed by atoms with Gasteiger partial charge in [0.2, 0.25) is 0 Å². The maximum atomic E-state index is 12.8. The molecule has 0 spiro atoms. The summed E-state index contributed by atoms with van der Waals surface area (Å²) < 4.78 is 16.8. The second kappa shape index (κ2) is 56.2. The number of carbonyl (C=O) groups excluding carboxylic acids is 3. The first-order chi connectivity index (χ1) is 33.5. The van der Waals surface area contributed by atoms with Crippen molar-refractivity contribution in [2.45, 2.75) is 277 Å². The van der Waals surface area contributed by atoms with Crippen LogP contribution in [0.25, 0.3) is 0 Å². The molecule has 0 fully saturated rings. The lowest BCUT2D eigenvalue weighted by Crippen LogP contribution is -2.30. The van der Waals surface area contributed by atoms with Crippen molar-refractivity contribution < 1.29 is 28.6 Å². The van der Waals surface area contributed by atoms with Crippen molar-refractivity contribution in [2.75, 3.05) is 13.2 Å². The summed E-state index contributed by atoms with van der Waals surface area (Å²) in [6, 6.07) is 0. The van der Waals surface area contributed by atoms with Gasteiger partial charge in [-0.25, -0.2) is 0 Å². The van der Waals surface area contributed by atoms with Crippen LogP contribution < -0.4 is 0 Å². The molecule has 0 rings (SSSR count). The summed E-state index contributed by atoms with van der Waals surface area (Å²) in [7, 11) is 0. The lowest BCUT2D eigenvalue weighted by atomic mass is 10.0. The summed E-state index contributed by atoms with van der Waals surface area (Å²) in [6.07, 6.45) is 72.9. The second-order valence-corrected chi connectivity index (χ2v) is 19.0. The molecule has 68 heavy (non-hydrogen) atoms. The van der Waals surface area contributed by atoms with E-state index in [2.05, 4.69) is 45.1 Å². The molecule has 0 aromatic carbocycles. The third-order valence-electron chi connectivity index (χ3n) is 12.3. The molecule has 0 aliphatic heterocycles. The molecule has 0 aromatic heterocycles. The Morgan fingerprint density at radius 1 is 0.309 bits per heavy atom. The average molecular weight is 948 g/mol. The van der Waals surface area contributed by atoms with Gasteiger partial charge in [-0.3, -0.25) is 14.4 Å². The number of rotatable bonds is 51. The van der Waals surface area contributed by atoms with Gasteiger partial charge in [-0.05, 0) is 64.2 Å². The lowest BCUT2D eigenvalue weighted by molar-refractivity contribution is -0.167. The van der Waals surface area contributed by atoms with E-state index in [0.717, 1.165) is 77.0 Å². The Kier molecular flexibility index (Phi) is 53.4. The van der Waals surface area contributed by atoms with Crippen LogP contribution >= 0.6 is 0 Å². The third-order valence-corrected chi connectivity index (χ3v) is 12.3. The Bertz CT molecular complexity index is 1320. The first kappa shape index (κ1) is 64.6. The highest BCUT2D eigenvalue weighted by Crippen LogP contribution is 2.16. The third kappa shape index (κ3) is 53.5. The quantitative estimate of drug-likeness (QED) is 0.0199. The van der Waals surface area contributed by atoms with E-state index in [0.29, 0.717) is 19.3 Å². The van der Waals surface area contributed by atoms with Crippen LogP contribution in [0.4, 0.5) is 0 Å². The van der Waals surface area contributed by atoms with Crippen LogP contribution in [0, 0.1) is 0 Å². The molecule has 0 amide bonds. The molecule has 0 aromatic rings. The summed E-state index contributed by atoms with van der Waals surface area (Å²) in [5.74, 6) is -0.951. The van der Waals surface area contributed by atoms with Gasteiger partial charge >= 0.3 is 17.9 Å². The Morgan fingerprint density at radius 2 is 0.588 bits per heavy atom. The van der Waals surface area contributed by atoms with Crippen LogP contribution in [0.1, 0.15) is 271 Å². The SMILES string of the molecule is CC\C=C/C=C\C=C/C=C\C=C\C=C/CCCCCC(=O)OC(COC(=O)CCCCC/C=C\CCCCCCCCC)COC(=O)CCCCCCCCCCCCCCCCCCCCC. The minimum atomic E-state index is -0.805.